The van der Waals surface area contributed by atoms with E-state index in [1.807, 2.05) is 0 Å². The molecule has 0 radical (unpaired) electrons. The van der Waals surface area contributed by atoms with Crippen LogP contribution in [0.25, 0.3) is 0 Å². The molecule has 9 heteroatoms. The van der Waals surface area contributed by atoms with Crippen LogP contribution in [0, 0.1) is 10.1 Å². The number of carbonyl (C=O) groups is 1. The van der Waals surface area contributed by atoms with Crippen molar-refractivity contribution in [3.05, 3.63) is 51.0 Å². The summed E-state index contributed by atoms with van der Waals surface area (Å²) in [6, 6.07) is 7.53. The summed E-state index contributed by atoms with van der Waals surface area (Å²) in [6.45, 7) is 2.46. The number of anilines is 2. The van der Waals surface area contributed by atoms with Crippen LogP contribution in [0.3, 0.4) is 0 Å². The Morgan fingerprint density at radius 1 is 1.11 bits per heavy atom. The Labute approximate surface area is 166 Å². The minimum atomic E-state index is -0.512. The smallest absolute Gasteiger partial charge is 0.270 e. The number of halogens is 1. The molecule has 2 aromatic rings. The van der Waals surface area contributed by atoms with Gasteiger partial charge in [-0.1, -0.05) is 11.6 Å². The lowest BCUT2D eigenvalue weighted by Crippen LogP contribution is -2.23. The van der Waals surface area contributed by atoms with Gasteiger partial charge in [-0.05, 0) is 18.9 Å². The highest BCUT2D eigenvalue weighted by atomic mass is 35.5. The molecule has 0 bridgehead atoms. The molecule has 146 valence electrons. The Kier molecular flexibility index (Phi) is 4.95. The molecule has 4 rings (SSSR count). The van der Waals surface area contributed by atoms with Crippen molar-refractivity contribution in [2.75, 3.05) is 36.5 Å². The maximum Gasteiger partial charge on any atom is 0.270 e. The van der Waals surface area contributed by atoms with Gasteiger partial charge in [0.15, 0.2) is 11.5 Å². The highest BCUT2D eigenvalue weighted by molar-refractivity contribution is 6.34. The van der Waals surface area contributed by atoms with Crippen molar-refractivity contribution in [1.82, 2.24) is 0 Å². The molecule has 8 nitrogen and oxygen atoms in total. The number of fused-ring (bicyclic) bond motifs is 1. The largest absolute Gasteiger partial charge is 0.486 e. The molecule has 0 spiro atoms. The fourth-order valence-corrected chi connectivity index (χ4v) is 3.60. The number of non-ortho nitro benzene ring substituents is 1. The van der Waals surface area contributed by atoms with Crippen LogP contribution >= 0.6 is 11.6 Å². The standard InChI is InChI=1S/C19H18ClN3O5/c20-14-10-17-18(28-8-7-27-17)11-15(14)21-19(24)13-9-12(23(25)26)3-4-16(13)22-5-1-2-6-22/h3-4,9-11H,1-2,5-8H2,(H,21,24). The molecule has 0 aromatic heterocycles. The van der Waals surface area contributed by atoms with Gasteiger partial charge in [-0.3, -0.25) is 14.9 Å². The summed E-state index contributed by atoms with van der Waals surface area (Å²) >= 11 is 6.27. The minimum absolute atomic E-state index is 0.138. The molecule has 0 unspecified atom stereocenters. The number of benzene rings is 2. The van der Waals surface area contributed by atoms with Gasteiger partial charge in [0, 0.05) is 37.4 Å². The van der Waals surface area contributed by atoms with Crippen LogP contribution in [0.15, 0.2) is 30.3 Å². The first-order valence-corrected chi connectivity index (χ1v) is 9.34. The fourth-order valence-electron chi connectivity index (χ4n) is 3.40. The first-order valence-electron chi connectivity index (χ1n) is 8.97. The number of rotatable bonds is 4. The summed E-state index contributed by atoms with van der Waals surface area (Å²) in [6.07, 6.45) is 2.04. The monoisotopic (exact) mass is 403 g/mol. The summed E-state index contributed by atoms with van der Waals surface area (Å²) < 4.78 is 11.0. The van der Waals surface area contributed by atoms with E-state index < -0.39 is 10.8 Å². The molecule has 1 N–H and O–H groups in total. The molecule has 28 heavy (non-hydrogen) atoms. The van der Waals surface area contributed by atoms with Crippen molar-refractivity contribution in [3.8, 4) is 11.5 Å². The van der Waals surface area contributed by atoms with Crippen LogP contribution in [0.2, 0.25) is 5.02 Å². The zero-order valence-electron chi connectivity index (χ0n) is 14.9. The second-order valence-electron chi connectivity index (χ2n) is 6.58. The Hall–Kier alpha value is -3.00. The van der Waals surface area contributed by atoms with Gasteiger partial charge in [0.05, 0.1) is 26.9 Å². The molecule has 2 heterocycles. The van der Waals surface area contributed by atoms with Gasteiger partial charge in [0.25, 0.3) is 11.6 Å². The molecule has 1 amide bonds. The van der Waals surface area contributed by atoms with Gasteiger partial charge >= 0.3 is 0 Å². The van der Waals surface area contributed by atoms with E-state index in [-0.39, 0.29) is 11.3 Å². The molecule has 0 atom stereocenters. The molecule has 1 fully saturated rings. The summed E-state index contributed by atoms with van der Waals surface area (Å²) in [5, 5.41) is 14.2. The lowest BCUT2D eigenvalue weighted by Gasteiger charge is -2.22. The van der Waals surface area contributed by atoms with E-state index in [4.69, 9.17) is 21.1 Å². The van der Waals surface area contributed by atoms with Crippen LogP contribution in [0.4, 0.5) is 17.1 Å². The van der Waals surface area contributed by atoms with Gasteiger partial charge in [-0.2, -0.15) is 0 Å². The number of carbonyl (C=O) groups excluding carboxylic acids is 1. The zero-order valence-corrected chi connectivity index (χ0v) is 15.7. The Bertz CT molecular complexity index is 943. The average molecular weight is 404 g/mol. The van der Waals surface area contributed by atoms with Crippen molar-refractivity contribution in [3.63, 3.8) is 0 Å². The maximum atomic E-state index is 13.0. The van der Waals surface area contributed by atoms with Gasteiger partial charge in [0.1, 0.15) is 13.2 Å². The van der Waals surface area contributed by atoms with E-state index in [2.05, 4.69) is 10.2 Å². The third-order valence-corrected chi connectivity index (χ3v) is 5.08. The maximum absolute atomic E-state index is 13.0. The average Bonchev–Trinajstić information content (AvgIpc) is 3.22. The predicted molar refractivity (Wildman–Crippen MR) is 105 cm³/mol. The van der Waals surface area contributed by atoms with Crippen molar-refractivity contribution in [1.29, 1.82) is 0 Å². The second kappa shape index (κ2) is 7.55. The van der Waals surface area contributed by atoms with Crippen LogP contribution in [-0.4, -0.2) is 37.1 Å². The number of amides is 1. The van der Waals surface area contributed by atoms with E-state index in [0.29, 0.717) is 41.1 Å². The highest BCUT2D eigenvalue weighted by Gasteiger charge is 2.24. The zero-order chi connectivity index (χ0) is 19.7. The number of nitro groups is 1. The van der Waals surface area contributed by atoms with Gasteiger partial charge in [-0.15, -0.1) is 0 Å². The predicted octanol–water partition coefficient (Wildman–Crippen LogP) is 3.87. The van der Waals surface area contributed by atoms with Crippen LogP contribution < -0.4 is 19.7 Å². The first-order chi connectivity index (χ1) is 13.5. The Morgan fingerprint density at radius 2 is 1.79 bits per heavy atom. The SMILES string of the molecule is O=C(Nc1cc2c(cc1Cl)OCCO2)c1cc([N+](=O)[O-])ccc1N1CCCC1. The summed E-state index contributed by atoms with van der Waals surface area (Å²) in [4.78, 5) is 25.7. The number of nitro benzene ring substituents is 1. The molecular formula is C19H18ClN3O5. The van der Waals surface area contributed by atoms with Gasteiger partial charge in [0.2, 0.25) is 0 Å². The van der Waals surface area contributed by atoms with E-state index in [1.54, 1.807) is 18.2 Å². The Morgan fingerprint density at radius 3 is 2.46 bits per heavy atom. The van der Waals surface area contributed by atoms with Crippen LogP contribution in [-0.2, 0) is 0 Å². The number of nitrogens with zero attached hydrogens (tertiary/aromatic N) is 2. The van der Waals surface area contributed by atoms with E-state index in [0.717, 1.165) is 25.9 Å². The molecular weight excluding hydrogens is 386 g/mol. The number of ether oxygens (including phenoxy) is 2. The molecule has 2 aliphatic rings. The van der Waals surface area contributed by atoms with E-state index in [9.17, 15) is 14.9 Å². The van der Waals surface area contributed by atoms with Gasteiger partial charge in [-0.25, -0.2) is 0 Å². The van der Waals surface area contributed by atoms with Crippen LogP contribution in [0.5, 0.6) is 11.5 Å². The Balaban J connectivity index is 1.67. The highest BCUT2D eigenvalue weighted by Crippen LogP contribution is 2.38. The van der Waals surface area contributed by atoms with E-state index in [1.165, 1.54) is 12.1 Å². The summed E-state index contributed by atoms with van der Waals surface area (Å²) in [7, 11) is 0. The minimum Gasteiger partial charge on any atom is -0.486 e. The van der Waals surface area contributed by atoms with Crippen molar-refractivity contribution >= 4 is 34.6 Å². The first kappa shape index (κ1) is 18.4. The van der Waals surface area contributed by atoms with Crippen molar-refractivity contribution < 1.29 is 19.2 Å². The molecule has 2 aliphatic heterocycles. The lowest BCUT2D eigenvalue weighted by molar-refractivity contribution is -0.384. The quantitative estimate of drug-likeness (QED) is 0.615. The van der Waals surface area contributed by atoms with Crippen molar-refractivity contribution in [2.24, 2.45) is 0 Å². The number of hydrogen-bond donors (Lipinski definition) is 1. The number of nitrogens with one attached hydrogen (secondary N) is 1. The summed E-state index contributed by atoms with van der Waals surface area (Å²) in [5.41, 5.74) is 1.13. The molecule has 0 aliphatic carbocycles. The van der Waals surface area contributed by atoms with Crippen LogP contribution in [0.1, 0.15) is 23.2 Å². The second-order valence-corrected chi connectivity index (χ2v) is 6.99. The molecule has 0 saturated carbocycles. The topological polar surface area (TPSA) is 93.9 Å². The lowest BCUT2D eigenvalue weighted by atomic mass is 10.1. The third-order valence-electron chi connectivity index (χ3n) is 4.76. The fraction of sp³-hybridized carbons (Fsp3) is 0.316. The van der Waals surface area contributed by atoms with E-state index >= 15 is 0 Å². The number of hydrogen-bond acceptors (Lipinski definition) is 6. The molecule has 2 aromatic carbocycles. The third kappa shape index (κ3) is 3.55. The molecule has 1 saturated heterocycles. The normalized spacial score (nSPS) is 15.4. The van der Waals surface area contributed by atoms with Crippen molar-refractivity contribution in [2.45, 2.75) is 12.8 Å². The van der Waals surface area contributed by atoms with Gasteiger partial charge < -0.3 is 19.7 Å². The summed E-state index contributed by atoms with van der Waals surface area (Å²) in [5.74, 6) is 0.538.